The first-order valence-corrected chi connectivity index (χ1v) is 9.64. The lowest BCUT2D eigenvalue weighted by Crippen LogP contribution is -2.60. The van der Waals surface area contributed by atoms with Gasteiger partial charge < -0.3 is 15.4 Å². The Morgan fingerprint density at radius 1 is 1.44 bits per heavy atom. The lowest BCUT2D eigenvalue weighted by molar-refractivity contribution is -0.128. The van der Waals surface area contributed by atoms with E-state index < -0.39 is 5.54 Å². The molecule has 1 atom stereocenters. The molecule has 1 saturated carbocycles. The first-order chi connectivity index (χ1) is 12.9. The highest BCUT2D eigenvalue weighted by Crippen LogP contribution is 2.32. The molecule has 2 aromatic heterocycles. The third-order valence-electron chi connectivity index (χ3n) is 5.12. The Hall–Kier alpha value is -2.12. The molecule has 0 spiro atoms. The molecule has 0 bridgehead atoms. The van der Waals surface area contributed by atoms with Crippen LogP contribution in [0.1, 0.15) is 49.9 Å². The van der Waals surface area contributed by atoms with Crippen LogP contribution in [0.3, 0.4) is 0 Å². The summed E-state index contributed by atoms with van der Waals surface area (Å²) in [7, 11) is 0. The van der Waals surface area contributed by atoms with E-state index in [-0.39, 0.29) is 24.5 Å². The maximum absolute atomic E-state index is 12.8. The molecule has 2 N–H and O–H groups in total. The minimum atomic E-state index is -0.432. The third kappa shape index (κ3) is 4.42. The van der Waals surface area contributed by atoms with Gasteiger partial charge in [0.2, 0.25) is 5.91 Å². The lowest BCUT2D eigenvalue weighted by Gasteiger charge is -2.42. The van der Waals surface area contributed by atoms with Crippen molar-refractivity contribution in [1.82, 2.24) is 20.2 Å². The van der Waals surface area contributed by atoms with E-state index in [1.807, 2.05) is 13.8 Å². The normalized spacial score (nSPS) is 16.6. The summed E-state index contributed by atoms with van der Waals surface area (Å²) in [6.45, 7) is 4.35. The minimum Gasteiger partial charge on any atom is -0.369 e. The van der Waals surface area contributed by atoms with Crippen molar-refractivity contribution in [2.75, 3.05) is 13.2 Å². The van der Waals surface area contributed by atoms with Gasteiger partial charge in [-0.15, -0.1) is 0 Å². The van der Waals surface area contributed by atoms with Crippen molar-refractivity contribution in [3.63, 3.8) is 0 Å². The number of pyridine rings is 1. The molecule has 7 nitrogen and oxygen atoms in total. The van der Waals surface area contributed by atoms with Crippen molar-refractivity contribution < 1.29 is 14.3 Å². The molecule has 8 heteroatoms. The van der Waals surface area contributed by atoms with E-state index in [2.05, 4.69) is 15.7 Å². The second kappa shape index (κ2) is 8.27. The Morgan fingerprint density at radius 3 is 2.89 bits per heavy atom. The maximum atomic E-state index is 12.8. The van der Waals surface area contributed by atoms with Crippen LogP contribution in [0.25, 0.3) is 5.52 Å². The molecular formula is C19H25ClN4O3. The molecule has 2 aromatic rings. The average molecular weight is 393 g/mol. The zero-order valence-corrected chi connectivity index (χ0v) is 16.4. The number of fused-ring (bicyclic) bond motifs is 1. The molecule has 1 aliphatic carbocycles. The molecule has 0 aromatic carbocycles. The van der Waals surface area contributed by atoms with Crippen LogP contribution in [0.15, 0.2) is 24.5 Å². The van der Waals surface area contributed by atoms with Crippen molar-refractivity contribution in [1.29, 1.82) is 0 Å². The van der Waals surface area contributed by atoms with Crippen molar-refractivity contribution in [3.05, 3.63) is 35.1 Å². The van der Waals surface area contributed by atoms with Gasteiger partial charge in [-0.1, -0.05) is 18.5 Å². The number of amides is 2. The minimum absolute atomic E-state index is 0.0304. The summed E-state index contributed by atoms with van der Waals surface area (Å²) >= 11 is 6.23. The smallest absolute Gasteiger partial charge is 0.255 e. The molecule has 146 valence electrons. The first-order valence-electron chi connectivity index (χ1n) is 9.27. The lowest BCUT2D eigenvalue weighted by atomic mass is 9.76. The number of aromatic nitrogens is 2. The Kier molecular flexibility index (Phi) is 6.01. The molecule has 0 radical (unpaired) electrons. The Labute approximate surface area is 163 Å². The molecule has 0 aliphatic heterocycles. The fourth-order valence-electron chi connectivity index (χ4n) is 3.08. The van der Waals surface area contributed by atoms with Gasteiger partial charge in [0, 0.05) is 12.7 Å². The fraction of sp³-hybridized carbons (Fsp3) is 0.526. The van der Waals surface area contributed by atoms with Gasteiger partial charge in [0.1, 0.15) is 6.61 Å². The van der Waals surface area contributed by atoms with Gasteiger partial charge in [-0.25, -0.2) is 4.52 Å². The number of halogens is 1. The summed E-state index contributed by atoms with van der Waals surface area (Å²) in [5.74, 6) is -0.405. The van der Waals surface area contributed by atoms with Crippen molar-refractivity contribution in [3.8, 4) is 0 Å². The van der Waals surface area contributed by atoms with Gasteiger partial charge in [-0.3, -0.25) is 9.59 Å². The van der Waals surface area contributed by atoms with E-state index in [1.165, 1.54) is 6.20 Å². The third-order valence-corrected chi connectivity index (χ3v) is 5.43. The van der Waals surface area contributed by atoms with Gasteiger partial charge >= 0.3 is 0 Å². The number of nitrogens with zero attached hydrogens (tertiary/aromatic N) is 2. The van der Waals surface area contributed by atoms with Crippen LogP contribution < -0.4 is 10.6 Å². The van der Waals surface area contributed by atoms with E-state index in [0.717, 1.165) is 25.7 Å². The number of carbonyl (C=O) groups is 2. The van der Waals surface area contributed by atoms with E-state index in [1.54, 1.807) is 22.8 Å². The topological polar surface area (TPSA) is 84.7 Å². The number of ether oxygens (including phenoxy) is 1. The monoisotopic (exact) mass is 392 g/mol. The van der Waals surface area contributed by atoms with Gasteiger partial charge in [0.05, 0.1) is 33.9 Å². The van der Waals surface area contributed by atoms with Gasteiger partial charge in [-0.05, 0) is 44.7 Å². The zero-order valence-electron chi connectivity index (χ0n) is 15.6. The van der Waals surface area contributed by atoms with Crippen LogP contribution >= 0.6 is 11.6 Å². The highest BCUT2D eigenvalue weighted by atomic mass is 35.5. The molecule has 1 aliphatic rings. The molecule has 0 saturated heterocycles. The summed E-state index contributed by atoms with van der Waals surface area (Å²) in [4.78, 5) is 24.8. The van der Waals surface area contributed by atoms with Crippen molar-refractivity contribution >= 4 is 28.9 Å². The summed E-state index contributed by atoms with van der Waals surface area (Å²) in [5.41, 5.74) is 0.578. The SMILES string of the molecule is CCC(C)OCC(=O)NCC1(NC(=O)c2cnn3cccc(Cl)c23)CCC1. The van der Waals surface area contributed by atoms with Crippen LogP contribution in [0.4, 0.5) is 0 Å². The largest absolute Gasteiger partial charge is 0.369 e. The summed E-state index contributed by atoms with van der Waals surface area (Å²) in [6, 6.07) is 3.50. The van der Waals surface area contributed by atoms with Gasteiger partial charge in [0.25, 0.3) is 5.91 Å². The molecule has 1 unspecified atom stereocenters. The summed E-state index contributed by atoms with van der Waals surface area (Å²) < 4.78 is 7.03. The number of hydrogen-bond acceptors (Lipinski definition) is 4. The second-order valence-electron chi connectivity index (χ2n) is 7.10. The average Bonchev–Trinajstić information content (AvgIpc) is 3.07. The molecule has 2 heterocycles. The predicted molar refractivity (Wildman–Crippen MR) is 103 cm³/mol. The van der Waals surface area contributed by atoms with Crippen molar-refractivity contribution in [2.24, 2.45) is 0 Å². The van der Waals surface area contributed by atoms with Gasteiger partial charge in [-0.2, -0.15) is 5.10 Å². The van der Waals surface area contributed by atoms with Crippen LogP contribution in [0.2, 0.25) is 5.02 Å². The van der Waals surface area contributed by atoms with Gasteiger partial charge in [0.15, 0.2) is 0 Å². The quantitative estimate of drug-likeness (QED) is 0.723. The van der Waals surface area contributed by atoms with E-state index in [0.29, 0.717) is 22.6 Å². The van der Waals surface area contributed by atoms with Crippen LogP contribution in [-0.2, 0) is 9.53 Å². The van der Waals surface area contributed by atoms with Crippen LogP contribution in [0.5, 0.6) is 0 Å². The number of rotatable bonds is 8. The Morgan fingerprint density at radius 2 is 2.22 bits per heavy atom. The number of hydrogen-bond donors (Lipinski definition) is 2. The summed E-state index contributed by atoms with van der Waals surface area (Å²) in [6.07, 6.45) is 6.81. The van der Waals surface area contributed by atoms with Crippen LogP contribution in [0, 0.1) is 0 Å². The first kappa shape index (κ1) is 19.6. The Balaban J connectivity index is 1.62. The molecule has 3 rings (SSSR count). The van der Waals surface area contributed by atoms with Crippen LogP contribution in [-0.4, -0.2) is 46.2 Å². The predicted octanol–water partition coefficient (Wildman–Crippen LogP) is 2.57. The molecule has 2 amide bonds. The highest BCUT2D eigenvalue weighted by molar-refractivity contribution is 6.34. The maximum Gasteiger partial charge on any atom is 0.255 e. The van der Waals surface area contributed by atoms with E-state index in [4.69, 9.17) is 16.3 Å². The van der Waals surface area contributed by atoms with Crippen molar-refractivity contribution in [2.45, 2.75) is 51.2 Å². The molecule has 27 heavy (non-hydrogen) atoms. The second-order valence-corrected chi connectivity index (χ2v) is 7.51. The van der Waals surface area contributed by atoms with E-state index in [9.17, 15) is 9.59 Å². The number of carbonyl (C=O) groups excluding carboxylic acids is 2. The van der Waals surface area contributed by atoms with E-state index >= 15 is 0 Å². The molecule has 1 fully saturated rings. The molecular weight excluding hydrogens is 368 g/mol. The highest BCUT2D eigenvalue weighted by Gasteiger charge is 2.39. The fourth-order valence-corrected chi connectivity index (χ4v) is 3.34. The summed E-state index contributed by atoms with van der Waals surface area (Å²) in [5, 5.41) is 10.6. The standard InChI is InChI=1S/C19H25ClN4O3/c1-3-13(2)27-11-16(25)21-12-19(7-5-8-19)23-18(26)14-10-22-24-9-4-6-15(20)17(14)24/h4,6,9-10,13H,3,5,7-8,11-12H2,1-2H3,(H,21,25)(H,23,26). The number of nitrogens with one attached hydrogen (secondary N) is 2. The zero-order chi connectivity index (χ0) is 19.4. The Bertz CT molecular complexity index is 831.